The highest BCUT2D eigenvalue weighted by Crippen LogP contribution is 2.39. The van der Waals surface area contributed by atoms with Gasteiger partial charge >= 0.3 is 6.18 Å². The molecule has 2 N–H and O–H groups in total. The van der Waals surface area contributed by atoms with Crippen LogP contribution in [0.3, 0.4) is 0 Å². The van der Waals surface area contributed by atoms with E-state index in [2.05, 4.69) is 15.2 Å². The maximum Gasteiger partial charge on any atom is 0.408 e. The second-order valence-electron chi connectivity index (χ2n) is 9.63. The smallest absolute Gasteiger partial charge is 0.408 e. The Labute approximate surface area is 216 Å². The van der Waals surface area contributed by atoms with Crippen LogP contribution in [0.15, 0.2) is 42.6 Å². The van der Waals surface area contributed by atoms with E-state index >= 15 is 0 Å². The van der Waals surface area contributed by atoms with Gasteiger partial charge in [-0.3, -0.25) is 9.30 Å². The van der Waals surface area contributed by atoms with Crippen LogP contribution in [0.4, 0.5) is 17.6 Å². The first-order valence-electron chi connectivity index (χ1n) is 11.9. The third-order valence-corrected chi connectivity index (χ3v) is 6.82. The molecule has 1 saturated carbocycles. The summed E-state index contributed by atoms with van der Waals surface area (Å²) in [4.78, 5) is 5.97. The average Bonchev–Trinajstić information content (AvgIpc) is 3.42. The van der Waals surface area contributed by atoms with Gasteiger partial charge in [0.1, 0.15) is 11.7 Å². The summed E-state index contributed by atoms with van der Waals surface area (Å²) in [5.41, 5.74) is 7.24. The number of pyridine rings is 2. The number of hydrogen-bond donors (Lipinski definition) is 1. The van der Waals surface area contributed by atoms with E-state index < -0.39 is 18.0 Å². The SMILES string of the molecule is Cl.N[C@H]1CCN([C@H](c2ccc3nnc(-c4ccc5cc(F)c(OCC6CC6)cc5n4)n3c2)C(F)(F)F)C1. The minimum Gasteiger partial charge on any atom is -0.490 e. The highest BCUT2D eigenvalue weighted by atomic mass is 35.5. The van der Waals surface area contributed by atoms with E-state index in [0.29, 0.717) is 41.2 Å². The molecule has 1 aliphatic heterocycles. The summed E-state index contributed by atoms with van der Waals surface area (Å²) in [6.45, 7) is 0.902. The van der Waals surface area contributed by atoms with Crippen molar-refractivity contribution < 1.29 is 22.3 Å². The number of alkyl halides is 3. The zero-order valence-corrected chi connectivity index (χ0v) is 20.5. The number of halogens is 5. The molecule has 7 nitrogen and oxygen atoms in total. The van der Waals surface area contributed by atoms with Crippen LogP contribution >= 0.6 is 12.4 Å². The summed E-state index contributed by atoms with van der Waals surface area (Å²) < 4.78 is 63.9. The number of nitrogens with two attached hydrogens (primary N) is 1. The number of rotatable bonds is 6. The molecule has 37 heavy (non-hydrogen) atoms. The van der Waals surface area contributed by atoms with Crippen molar-refractivity contribution in [3.63, 3.8) is 0 Å². The summed E-state index contributed by atoms with van der Waals surface area (Å²) in [6, 6.07) is 7.12. The zero-order valence-electron chi connectivity index (χ0n) is 19.7. The lowest BCUT2D eigenvalue weighted by Gasteiger charge is -2.30. The van der Waals surface area contributed by atoms with E-state index in [9.17, 15) is 17.6 Å². The average molecular weight is 537 g/mol. The van der Waals surface area contributed by atoms with Crippen molar-refractivity contribution in [1.29, 1.82) is 0 Å². The molecule has 0 unspecified atom stereocenters. The highest BCUT2D eigenvalue weighted by Gasteiger charge is 2.46. The van der Waals surface area contributed by atoms with E-state index in [-0.39, 0.29) is 48.7 Å². The molecule has 2 atom stereocenters. The van der Waals surface area contributed by atoms with Crippen molar-refractivity contribution in [1.82, 2.24) is 24.5 Å². The molecule has 12 heteroatoms. The summed E-state index contributed by atoms with van der Waals surface area (Å²) in [7, 11) is 0. The Balaban J connectivity index is 0.00000280. The van der Waals surface area contributed by atoms with Crippen molar-refractivity contribution in [2.45, 2.75) is 37.5 Å². The van der Waals surface area contributed by atoms with Crippen LogP contribution in [0, 0.1) is 11.7 Å². The van der Waals surface area contributed by atoms with E-state index in [4.69, 9.17) is 10.5 Å². The van der Waals surface area contributed by atoms with E-state index in [1.165, 1.54) is 33.7 Å². The quantitative estimate of drug-likeness (QED) is 0.352. The van der Waals surface area contributed by atoms with Gasteiger partial charge in [0.2, 0.25) is 0 Å². The van der Waals surface area contributed by atoms with Crippen LogP contribution in [-0.4, -0.2) is 56.4 Å². The molecular weight excluding hydrogens is 512 g/mol. The van der Waals surface area contributed by atoms with Crippen molar-refractivity contribution in [3.8, 4) is 17.3 Å². The molecule has 196 valence electrons. The lowest BCUT2D eigenvalue weighted by molar-refractivity contribution is -0.183. The van der Waals surface area contributed by atoms with Gasteiger partial charge in [0.15, 0.2) is 23.0 Å². The van der Waals surface area contributed by atoms with Crippen LogP contribution in [0.1, 0.15) is 30.9 Å². The summed E-state index contributed by atoms with van der Waals surface area (Å²) >= 11 is 0. The van der Waals surface area contributed by atoms with Crippen LogP contribution in [0.2, 0.25) is 0 Å². The number of likely N-dealkylation sites (tertiary alicyclic amines) is 1. The number of aromatic nitrogens is 4. The van der Waals surface area contributed by atoms with Gasteiger partial charge in [-0.2, -0.15) is 13.2 Å². The van der Waals surface area contributed by atoms with Crippen LogP contribution < -0.4 is 10.5 Å². The minimum atomic E-state index is -4.48. The molecule has 0 radical (unpaired) electrons. The fourth-order valence-corrected chi connectivity index (χ4v) is 4.75. The molecule has 1 saturated heterocycles. The molecule has 3 aromatic heterocycles. The highest BCUT2D eigenvalue weighted by molar-refractivity contribution is 5.85. The van der Waals surface area contributed by atoms with E-state index in [1.807, 2.05) is 0 Å². The lowest BCUT2D eigenvalue weighted by atomic mass is 10.1. The summed E-state index contributed by atoms with van der Waals surface area (Å²) in [5.74, 6) is 0.421. The normalized spacial score (nSPS) is 19.3. The second-order valence-corrected chi connectivity index (χ2v) is 9.63. The van der Waals surface area contributed by atoms with E-state index in [0.717, 1.165) is 12.8 Å². The fraction of sp³-hybridized carbons (Fsp3) is 0.400. The maximum absolute atomic E-state index is 14.5. The lowest BCUT2D eigenvalue weighted by Crippen LogP contribution is -2.38. The van der Waals surface area contributed by atoms with Gasteiger partial charge in [-0.1, -0.05) is 12.1 Å². The third-order valence-electron chi connectivity index (χ3n) is 6.82. The van der Waals surface area contributed by atoms with Crippen LogP contribution in [0.5, 0.6) is 5.75 Å². The molecule has 0 bridgehead atoms. The molecule has 2 aliphatic rings. The monoisotopic (exact) mass is 536 g/mol. The number of nitrogens with zero attached hydrogens (tertiary/aromatic N) is 5. The molecule has 6 rings (SSSR count). The van der Waals surface area contributed by atoms with Gasteiger partial charge < -0.3 is 10.5 Å². The van der Waals surface area contributed by atoms with Crippen molar-refractivity contribution in [3.05, 3.63) is 54.0 Å². The van der Waals surface area contributed by atoms with Crippen molar-refractivity contribution >= 4 is 29.0 Å². The molecule has 1 aromatic carbocycles. The van der Waals surface area contributed by atoms with Crippen molar-refractivity contribution in [2.24, 2.45) is 11.7 Å². The predicted octanol–water partition coefficient (Wildman–Crippen LogP) is 4.93. The van der Waals surface area contributed by atoms with Crippen molar-refractivity contribution in [2.75, 3.05) is 19.7 Å². The summed E-state index contributed by atoms with van der Waals surface area (Å²) in [5, 5.41) is 8.87. The first-order chi connectivity index (χ1) is 17.3. The molecule has 1 aliphatic carbocycles. The zero-order chi connectivity index (χ0) is 25.0. The van der Waals surface area contributed by atoms with Gasteiger partial charge in [-0.15, -0.1) is 22.6 Å². The van der Waals surface area contributed by atoms with Crippen LogP contribution in [0.25, 0.3) is 28.1 Å². The number of benzene rings is 1. The van der Waals surface area contributed by atoms with Crippen LogP contribution in [-0.2, 0) is 0 Å². The van der Waals surface area contributed by atoms with Gasteiger partial charge in [0, 0.05) is 36.8 Å². The third kappa shape index (κ3) is 5.07. The Bertz CT molecular complexity index is 1440. The first kappa shape index (κ1) is 25.6. The van der Waals surface area contributed by atoms with Gasteiger partial charge in [0.05, 0.1) is 12.1 Å². The molecule has 4 heterocycles. The second kappa shape index (κ2) is 9.70. The molecule has 0 spiro atoms. The first-order valence-corrected chi connectivity index (χ1v) is 11.9. The Morgan fingerprint density at radius 2 is 1.89 bits per heavy atom. The molecule has 0 amide bonds. The topological polar surface area (TPSA) is 81.6 Å². The van der Waals surface area contributed by atoms with Gasteiger partial charge in [0.25, 0.3) is 0 Å². The maximum atomic E-state index is 14.5. The van der Waals surface area contributed by atoms with Gasteiger partial charge in [-0.25, -0.2) is 9.37 Å². The molecular formula is C25H25ClF4N6O. The number of fused-ring (bicyclic) bond motifs is 2. The van der Waals surface area contributed by atoms with E-state index in [1.54, 1.807) is 18.2 Å². The fourth-order valence-electron chi connectivity index (χ4n) is 4.75. The Kier molecular flexibility index (Phi) is 6.71. The largest absolute Gasteiger partial charge is 0.490 e. The Hall–Kier alpha value is -3.02. The number of hydrogen-bond acceptors (Lipinski definition) is 6. The number of ether oxygens (including phenoxy) is 1. The standard InChI is InChI=1S/C25H24F4N6O.ClH/c26-18-9-15-3-5-19(31-20(15)10-21(18)36-13-14-1-2-14)24-33-32-22-6-4-16(11-35(22)24)23(25(27,28)29)34-8-7-17(30)12-34;/h3-6,9-11,14,17,23H,1-2,7-8,12-13,30H2;1H/t17-,23+;/m0./s1. The molecule has 2 fully saturated rings. The minimum absolute atomic E-state index is 0. The molecule has 4 aromatic rings. The summed E-state index contributed by atoms with van der Waals surface area (Å²) in [6.07, 6.45) is -0.388. The van der Waals surface area contributed by atoms with Gasteiger partial charge in [-0.05, 0) is 48.9 Å². The Morgan fingerprint density at radius 1 is 1.08 bits per heavy atom. The predicted molar refractivity (Wildman–Crippen MR) is 132 cm³/mol. The Morgan fingerprint density at radius 3 is 2.59 bits per heavy atom.